The number of benzene rings is 3. The predicted molar refractivity (Wildman–Crippen MR) is 137 cm³/mol. The standard InChI is InChI=1S/C29H33NO6/c1-2-34-27(28(31)32)22-24-15-17-25(18-16-24)35-21-20-30(19-9-12-23-10-5-3-6-11-23)29(33)36-26-13-7-4-8-14-26/h3-8,10-11,13-18,27H,2,9,12,19-22H2,1H3,(H,31,32). The molecule has 0 fully saturated rings. The number of hydrogen-bond acceptors (Lipinski definition) is 5. The van der Waals surface area contributed by atoms with Crippen molar-refractivity contribution in [1.29, 1.82) is 0 Å². The maximum Gasteiger partial charge on any atom is 0.415 e. The second-order valence-corrected chi connectivity index (χ2v) is 8.24. The Labute approximate surface area is 212 Å². The molecule has 1 unspecified atom stereocenters. The number of nitrogens with zero attached hydrogens (tertiary/aromatic N) is 1. The van der Waals surface area contributed by atoms with E-state index in [-0.39, 0.29) is 6.42 Å². The van der Waals surface area contributed by atoms with Gasteiger partial charge in [-0.15, -0.1) is 0 Å². The van der Waals surface area contributed by atoms with Crippen LogP contribution in [0.5, 0.6) is 11.5 Å². The minimum absolute atomic E-state index is 0.282. The number of carbonyl (C=O) groups excluding carboxylic acids is 1. The minimum atomic E-state index is -0.980. The largest absolute Gasteiger partial charge is 0.492 e. The van der Waals surface area contributed by atoms with Crippen LogP contribution in [0, 0.1) is 0 Å². The summed E-state index contributed by atoms with van der Waals surface area (Å²) in [6.45, 7) is 3.32. The van der Waals surface area contributed by atoms with E-state index in [0.29, 0.717) is 37.8 Å². The number of aliphatic carboxylic acids is 1. The second kappa shape index (κ2) is 14.5. The minimum Gasteiger partial charge on any atom is -0.492 e. The summed E-state index contributed by atoms with van der Waals surface area (Å²) in [5.74, 6) is 0.161. The zero-order valence-electron chi connectivity index (χ0n) is 20.5. The summed E-state index contributed by atoms with van der Waals surface area (Å²) in [5.41, 5.74) is 2.07. The first-order valence-corrected chi connectivity index (χ1v) is 12.2. The van der Waals surface area contributed by atoms with Crippen LogP contribution in [-0.2, 0) is 22.4 Å². The number of carbonyl (C=O) groups is 2. The SMILES string of the molecule is CCOC(Cc1ccc(OCCN(CCCc2ccccc2)C(=O)Oc2ccccc2)cc1)C(=O)O. The van der Waals surface area contributed by atoms with E-state index in [0.717, 1.165) is 18.4 Å². The fourth-order valence-corrected chi connectivity index (χ4v) is 3.70. The first kappa shape index (κ1) is 26.8. The van der Waals surface area contributed by atoms with Crippen molar-refractivity contribution >= 4 is 12.1 Å². The van der Waals surface area contributed by atoms with Gasteiger partial charge in [-0.3, -0.25) is 0 Å². The van der Waals surface area contributed by atoms with Crippen LogP contribution in [-0.4, -0.2) is 54.5 Å². The Kier molecular flexibility index (Phi) is 10.8. The Morgan fingerprint density at radius 1 is 0.833 bits per heavy atom. The number of aryl methyl sites for hydroxylation is 1. The monoisotopic (exact) mass is 491 g/mol. The molecule has 36 heavy (non-hydrogen) atoms. The molecule has 1 amide bonds. The lowest BCUT2D eigenvalue weighted by molar-refractivity contribution is -0.149. The molecule has 0 aromatic heterocycles. The van der Waals surface area contributed by atoms with E-state index in [2.05, 4.69) is 12.1 Å². The molecule has 0 aliphatic carbocycles. The summed E-state index contributed by atoms with van der Waals surface area (Å²) in [7, 11) is 0. The van der Waals surface area contributed by atoms with Crippen molar-refractivity contribution in [2.45, 2.75) is 32.3 Å². The van der Waals surface area contributed by atoms with Crippen molar-refractivity contribution in [2.75, 3.05) is 26.3 Å². The second-order valence-electron chi connectivity index (χ2n) is 8.24. The van der Waals surface area contributed by atoms with Crippen LogP contribution >= 0.6 is 0 Å². The number of carboxylic acid groups (broad SMARTS) is 1. The Balaban J connectivity index is 1.53. The Morgan fingerprint density at radius 3 is 2.14 bits per heavy atom. The van der Waals surface area contributed by atoms with Gasteiger partial charge in [0.15, 0.2) is 6.10 Å². The Bertz CT molecular complexity index is 1060. The molecule has 3 aromatic carbocycles. The third-order valence-electron chi connectivity index (χ3n) is 5.56. The number of rotatable bonds is 14. The third kappa shape index (κ3) is 9.07. The average Bonchev–Trinajstić information content (AvgIpc) is 2.89. The Morgan fingerprint density at radius 2 is 1.50 bits per heavy atom. The molecular weight excluding hydrogens is 458 g/mol. The number of ether oxygens (including phenoxy) is 3. The zero-order chi connectivity index (χ0) is 25.6. The van der Waals surface area contributed by atoms with Crippen molar-refractivity contribution in [3.63, 3.8) is 0 Å². The van der Waals surface area contributed by atoms with Gasteiger partial charge in [-0.2, -0.15) is 0 Å². The van der Waals surface area contributed by atoms with Gasteiger partial charge in [0.2, 0.25) is 0 Å². The molecule has 0 radical (unpaired) electrons. The molecule has 3 rings (SSSR count). The zero-order valence-corrected chi connectivity index (χ0v) is 20.5. The van der Waals surface area contributed by atoms with E-state index in [1.54, 1.807) is 36.1 Å². The normalized spacial score (nSPS) is 11.5. The molecule has 190 valence electrons. The lowest BCUT2D eigenvalue weighted by Gasteiger charge is -2.22. The molecular formula is C29H33NO6. The molecule has 3 aromatic rings. The summed E-state index contributed by atoms with van der Waals surface area (Å²) in [4.78, 5) is 25.8. The molecule has 0 saturated carbocycles. The maximum absolute atomic E-state index is 12.8. The number of para-hydroxylation sites is 1. The Hall–Kier alpha value is -3.84. The molecule has 0 spiro atoms. The van der Waals surface area contributed by atoms with Gasteiger partial charge in [-0.25, -0.2) is 9.59 Å². The van der Waals surface area contributed by atoms with Crippen molar-refractivity contribution in [2.24, 2.45) is 0 Å². The lowest BCUT2D eigenvalue weighted by Crippen LogP contribution is -2.37. The molecule has 7 nitrogen and oxygen atoms in total. The van der Waals surface area contributed by atoms with Gasteiger partial charge in [-0.05, 0) is 55.2 Å². The van der Waals surface area contributed by atoms with Crippen LogP contribution in [0.15, 0.2) is 84.9 Å². The van der Waals surface area contributed by atoms with Crippen LogP contribution in [0.2, 0.25) is 0 Å². The van der Waals surface area contributed by atoms with Gasteiger partial charge in [0, 0.05) is 19.6 Å². The van der Waals surface area contributed by atoms with Gasteiger partial charge >= 0.3 is 12.1 Å². The summed E-state index contributed by atoms with van der Waals surface area (Å²) < 4.78 is 16.7. The molecule has 7 heteroatoms. The molecule has 0 aliphatic rings. The quantitative estimate of drug-likeness (QED) is 0.332. The van der Waals surface area contributed by atoms with Crippen LogP contribution in [0.25, 0.3) is 0 Å². The third-order valence-corrected chi connectivity index (χ3v) is 5.56. The number of amides is 1. The van der Waals surface area contributed by atoms with Crippen molar-refractivity contribution in [1.82, 2.24) is 4.90 Å². The van der Waals surface area contributed by atoms with Gasteiger partial charge < -0.3 is 24.2 Å². The van der Waals surface area contributed by atoms with Gasteiger partial charge in [0.1, 0.15) is 18.1 Å². The van der Waals surface area contributed by atoms with Crippen molar-refractivity contribution in [3.05, 3.63) is 96.1 Å². The highest BCUT2D eigenvalue weighted by Crippen LogP contribution is 2.16. The smallest absolute Gasteiger partial charge is 0.415 e. The molecule has 0 aliphatic heterocycles. The highest BCUT2D eigenvalue weighted by Gasteiger charge is 2.18. The van der Waals surface area contributed by atoms with Crippen LogP contribution in [0.4, 0.5) is 4.79 Å². The van der Waals surface area contributed by atoms with E-state index in [9.17, 15) is 14.7 Å². The van der Waals surface area contributed by atoms with Crippen LogP contribution in [0.1, 0.15) is 24.5 Å². The number of carboxylic acids is 1. The fraction of sp³-hybridized carbons (Fsp3) is 0.310. The summed E-state index contributed by atoms with van der Waals surface area (Å²) in [6.07, 6.45) is 0.653. The summed E-state index contributed by atoms with van der Waals surface area (Å²) in [6, 6.07) is 26.4. The van der Waals surface area contributed by atoms with Crippen molar-refractivity contribution in [3.8, 4) is 11.5 Å². The van der Waals surface area contributed by atoms with E-state index in [1.807, 2.05) is 48.5 Å². The maximum atomic E-state index is 12.8. The van der Waals surface area contributed by atoms with Gasteiger partial charge in [0.25, 0.3) is 0 Å². The molecule has 1 atom stereocenters. The first-order chi connectivity index (χ1) is 17.5. The summed E-state index contributed by atoms with van der Waals surface area (Å²) in [5, 5.41) is 9.26. The van der Waals surface area contributed by atoms with E-state index in [1.165, 1.54) is 5.56 Å². The van der Waals surface area contributed by atoms with Crippen molar-refractivity contribution < 1.29 is 28.9 Å². The van der Waals surface area contributed by atoms with E-state index in [4.69, 9.17) is 14.2 Å². The molecule has 1 N–H and O–H groups in total. The highest BCUT2D eigenvalue weighted by molar-refractivity contribution is 5.72. The summed E-state index contributed by atoms with van der Waals surface area (Å²) >= 11 is 0. The lowest BCUT2D eigenvalue weighted by atomic mass is 10.1. The fourth-order valence-electron chi connectivity index (χ4n) is 3.70. The van der Waals surface area contributed by atoms with E-state index >= 15 is 0 Å². The van der Waals surface area contributed by atoms with E-state index < -0.39 is 18.2 Å². The molecule has 0 saturated heterocycles. The van der Waals surface area contributed by atoms with Crippen LogP contribution < -0.4 is 9.47 Å². The predicted octanol–water partition coefficient (Wildman–Crippen LogP) is 5.23. The number of hydrogen-bond donors (Lipinski definition) is 1. The average molecular weight is 492 g/mol. The van der Waals surface area contributed by atoms with Gasteiger partial charge in [-0.1, -0.05) is 60.7 Å². The highest BCUT2D eigenvalue weighted by atomic mass is 16.6. The van der Waals surface area contributed by atoms with Gasteiger partial charge in [0.05, 0.1) is 6.54 Å². The molecule has 0 bridgehead atoms. The topological polar surface area (TPSA) is 85.3 Å². The van der Waals surface area contributed by atoms with Crippen LogP contribution in [0.3, 0.4) is 0 Å². The molecule has 0 heterocycles. The first-order valence-electron chi connectivity index (χ1n) is 12.2.